The number of nitrogens with one attached hydrogen (secondary N) is 1. The van der Waals surface area contributed by atoms with Gasteiger partial charge < -0.3 is 4.90 Å². The van der Waals surface area contributed by atoms with E-state index in [1.54, 1.807) is 11.0 Å². The van der Waals surface area contributed by atoms with Crippen molar-refractivity contribution < 1.29 is 4.79 Å². The SMILES string of the molecule is CN(C)c1ccc(C=C2C(=N)N3C(=NC2=O)Sc2ccccc23)cc1. The first-order valence-corrected chi connectivity index (χ1v) is 8.64. The number of fused-ring (bicyclic) bond motifs is 3. The molecule has 5 nitrogen and oxygen atoms in total. The molecule has 2 aromatic rings. The third-order valence-electron chi connectivity index (χ3n) is 4.13. The fourth-order valence-electron chi connectivity index (χ4n) is 2.80. The molecule has 0 aromatic heterocycles. The van der Waals surface area contributed by atoms with Gasteiger partial charge in [0, 0.05) is 24.7 Å². The summed E-state index contributed by atoms with van der Waals surface area (Å²) in [7, 11) is 3.96. The van der Waals surface area contributed by atoms with E-state index in [0.717, 1.165) is 21.8 Å². The zero-order valence-electron chi connectivity index (χ0n) is 13.9. The molecule has 0 aliphatic carbocycles. The maximum absolute atomic E-state index is 12.4. The second kappa shape index (κ2) is 5.89. The molecule has 124 valence electrons. The summed E-state index contributed by atoms with van der Waals surface area (Å²) in [6.07, 6.45) is 1.73. The number of hydrogen-bond acceptors (Lipinski definition) is 4. The normalized spacial score (nSPS) is 17.4. The Balaban J connectivity index is 1.72. The molecule has 2 aliphatic heterocycles. The number of aliphatic imine (C=N–C) groups is 1. The highest BCUT2D eigenvalue weighted by atomic mass is 32.2. The Morgan fingerprint density at radius 1 is 1.12 bits per heavy atom. The first-order chi connectivity index (χ1) is 12.0. The maximum atomic E-state index is 12.4. The summed E-state index contributed by atoms with van der Waals surface area (Å²) in [6.45, 7) is 0. The summed E-state index contributed by atoms with van der Waals surface area (Å²) in [5.41, 5.74) is 3.16. The third-order valence-corrected chi connectivity index (χ3v) is 5.15. The number of amidine groups is 2. The van der Waals surface area contributed by atoms with Gasteiger partial charge in [0.1, 0.15) is 5.84 Å². The molecule has 0 atom stereocenters. The topological polar surface area (TPSA) is 59.8 Å². The smallest absolute Gasteiger partial charge is 0.283 e. The summed E-state index contributed by atoms with van der Waals surface area (Å²) < 4.78 is 0. The van der Waals surface area contributed by atoms with Gasteiger partial charge in [0.15, 0.2) is 5.17 Å². The van der Waals surface area contributed by atoms with E-state index < -0.39 is 0 Å². The van der Waals surface area contributed by atoms with Crippen LogP contribution >= 0.6 is 11.8 Å². The number of anilines is 2. The number of hydrogen-bond donors (Lipinski definition) is 1. The minimum absolute atomic E-state index is 0.170. The van der Waals surface area contributed by atoms with Crippen molar-refractivity contribution in [2.24, 2.45) is 4.99 Å². The maximum Gasteiger partial charge on any atom is 0.283 e. The van der Waals surface area contributed by atoms with E-state index >= 15 is 0 Å². The van der Waals surface area contributed by atoms with Crippen LogP contribution in [0.3, 0.4) is 0 Å². The molecule has 0 unspecified atom stereocenters. The van der Waals surface area contributed by atoms with Crippen molar-refractivity contribution in [3.8, 4) is 0 Å². The third kappa shape index (κ3) is 2.64. The second-order valence-corrected chi connectivity index (χ2v) is 7.01. The summed E-state index contributed by atoms with van der Waals surface area (Å²) in [5, 5.41) is 9.08. The minimum Gasteiger partial charge on any atom is -0.378 e. The molecule has 2 heterocycles. The molecule has 25 heavy (non-hydrogen) atoms. The van der Waals surface area contributed by atoms with Crippen molar-refractivity contribution in [2.75, 3.05) is 23.9 Å². The standard InChI is InChI=1S/C19H16N4OS/c1-22(2)13-9-7-12(8-10-13)11-14-17(20)23-15-5-3-4-6-16(15)25-19(23)21-18(14)24/h3-11,20H,1-2H3. The summed E-state index contributed by atoms with van der Waals surface area (Å²) >= 11 is 1.42. The van der Waals surface area contributed by atoms with E-state index in [0.29, 0.717) is 10.7 Å². The van der Waals surface area contributed by atoms with Crippen molar-refractivity contribution in [3.05, 3.63) is 59.7 Å². The molecular formula is C19H16N4OS. The van der Waals surface area contributed by atoms with Gasteiger partial charge in [0.05, 0.1) is 11.3 Å². The lowest BCUT2D eigenvalue weighted by molar-refractivity contribution is -0.113. The fourth-order valence-corrected chi connectivity index (χ4v) is 3.82. The van der Waals surface area contributed by atoms with Gasteiger partial charge in [-0.3, -0.25) is 15.1 Å². The Hall–Kier alpha value is -2.86. The molecule has 0 radical (unpaired) electrons. The largest absolute Gasteiger partial charge is 0.378 e. The zero-order chi connectivity index (χ0) is 17.6. The van der Waals surface area contributed by atoms with Crippen LogP contribution in [0.1, 0.15) is 5.56 Å². The van der Waals surface area contributed by atoms with E-state index in [9.17, 15) is 4.79 Å². The summed E-state index contributed by atoms with van der Waals surface area (Å²) in [4.78, 5) is 21.4. The van der Waals surface area contributed by atoms with Crippen molar-refractivity contribution >= 4 is 46.1 Å². The van der Waals surface area contributed by atoms with E-state index in [2.05, 4.69) is 4.99 Å². The van der Waals surface area contributed by atoms with Gasteiger partial charge in [-0.1, -0.05) is 24.3 Å². The van der Waals surface area contributed by atoms with Crippen molar-refractivity contribution in [1.29, 1.82) is 5.41 Å². The van der Waals surface area contributed by atoms with E-state index in [-0.39, 0.29) is 11.7 Å². The van der Waals surface area contributed by atoms with Crippen LogP contribution < -0.4 is 9.80 Å². The molecule has 4 rings (SSSR count). The number of benzene rings is 2. The molecule has 0 fully saturated rings. The van der Waals surface area contributed by atoms with Gasteiger partial charge in [-0.15, -0.1) is 0 Å². The molecule has 2 aliphatic rings. The van der Waals surface area contributed by atoms with E-state index in [1.807, 2.05) is 67.5 Å². The van der Waals surface area contributed by atoms with Crippen molar-refractivity contribution in [2.45, 2.75) is 4.90 Å². The number of carbonyl (C=O) groups is 1. The number of amides is 1. The Bertz CT molecular complexity index is 944. The van der Waals surface area contributed by atoms with Crippen LogP contribution in [0.5, 0.6) is 0 Å². The molecule has 0 spiro atoms. The number of thioether (sulfide) groups is 1. The van der Waals surface area contributed by atoms with Crippen LogP contribution in [-0.4, -0.2) is 31.0 Å². The molecular weight excluding hydrogens is 332 g/mol. The molecule has 1 amide bonds. The highest BCUT2D eigenvalue weighted by Gasteiger charge is 2.37. The first-order valence-electron chi connectivity index (χ1n) is 7.82. The Morgan fingerprint density at radius 3 is 2.56 bits per heavy atom. The van der Waals surface area contributed by atoms with Crippen molar-refractivity contribution in [3.63, 3.8) is 0 Å². The molecule has 6 heteroatoms. The average molecular weight is 348 g/mol. The first kappa shape index (κ1) is 15.7. The summed E-state index contributed by atoms with van der Waals surface area (Å²) in [5.74, 6) is -0.197. The molecule has 0 saturated heterocycles. The van der Waals surface area contributed by atoms with Gasteiger partial charge in [0.2, 0.25) is 0 Å². The predicted molar refractivity (Wildman–Crippen MR) is 104 cm³/mol. The lowest BCUT2D eigenvalue weighted by atomic mass is 10.1. The number of nitrogens with zero attached hydrogens (tertiary/aromatic N) is 3. The van der Waals surface area contributed by atoms with E-state index in [4.69, 9.17) is 5.41 Å². The average Bonchev–Trinajstić information content (AvgIpc) is 2.97. The Labute approximate surface area is 150 Å². The van der Waals surface area contributed by atoms with Gasteiger partial charge in [-0.25, -0.2) is 0 Å². The Morgan fingerprint density at radius 2 is 1.84 bits per heavy atom. The van der Waals surface area contributed by atoms with Crippen LogP contribution in [0, 0.1) is 5.41 Å². The van der Waals surface area contributed by atoms with Crippen LogP contribution in [0.25, 0.3) is 6.08 Å². The summed E-state index contributed by atoms with van der Waals surface area (Å²) in [6, 6.07) is 15.6. The minimum atomic E-state index is -0.367. The van der Waals surface area contributed by atoms with Gasteiger partial charge in [-0.2, -0.15) is 4.99 Å². The number of carbonyl (C=O) groups excluding carboxylic acids is 1. The number of para-hydroxylation sites is 1. The van der Waals surface area contributed by atoms with Gasteiger partial charge in [-0.05, 0) is 47.7 Å². The van der Waals surface area contributed by atoms with Crippen molar-refractivity contribution in [1.82, 2.24) is 0 Å². The molecule has 2 aromatic carbocycles. The molecule has 0 saturated carbocycles. The molecule has 1 N–H and O–H groups in total. The zero-order valence-corrected chi connectivity index (χ0v) is 14.7. The second-order valence-electron chi connectivity index (χ2n) is 6.00. The van der Waals surface area contributed by atoms with Crippen LogP contribution in [-0.2, 0) is 4.79 Å². The Kier molecular flexibility index (Phi) is 3.69. The van der Waals surface area contributed by atoms with E-state index in [1.165, 1.54) is 11.8 Å². The predicted octanol–water partition coefficient (Wildman–Crippen LogP) is 3.62. The molecule has 0 bridgehead atoms. The lowest BCUT2D eigenvalue weighted by Gasteiger charge is -2.24. The highest BCUT2D eigenvalue weighted by molar-refractivity contribution is 8.15. The van der Waals surface area contributed by atoms with Crippen LogP contribution in [0.15, 0.2) is 64.0 Å². The highest BCUT2D eigenvalue weighted by Crippen LogP contribution is 2.42. The number of rotatable bonds is 2. The monoisotopic (exact) mass is 348 g/mol. The fraction of sp³-hybridized carbons (Fsp3) is 0.105. The van der Waals surface area contributed by atoms with Crippen LogP contribution in [0.2, 0.25) is 0 Å². The van der Waals surface area contributed by atoms with Gasteiger partial charge in [0.25, 0.3) is 5.91 Å². The van der Waals surface area contributed by atoms with Gasteiger partial charge >= 0.3 is 0 Å². The van der Waals surface area contributed by atoms with Crippen LogP contribution in [0.4, 0.5) is 11.4 Å². The lowest BCUT2D eigenvalue weighted by Crippen LogP contribution is -2.39. The quantitative estimate of drug-likeness (QED) is 0.842.